The van der Waals surface area contributed by atoms with Gasteiger partial charge in [0.1, 0.15) is 0 Å². The molecule has 3 heteroatoms. The van der Waals surface area contributed by atoms with Crippen LogP contribution in [-0.4, -0.2) is 24.4 Å². The summed E-state index contributed by atoms with van der Waals surface area (Å²) in [6.07, 6.45) is 1.70. The molecule has 1 heterocycles. The highest BCUT2D eigenvalue weighted by Gasteiger charge is 2.24. The van der Waals surface area contributed by atoms with Gasteiger partial charge < -0.3 is 4.90 Å². The molecule has 41 valence electrons. The maximum absolute atomic E-state index is 9.74. The third-order valence-corrected chi connectivity index (χ3v) is 1.19. The molecule has 1 aliphatic rings. The van der Waals surface area contributed by atoms with Crippen LogP contribution in [0, 0.1) is 17.2 Å². The Kier molecular flexibility index (Phi) is 1.17. The van der Waals surface area contributed by atoms with E-state index in [1.807, 2.05) is 6.07 Å². The molecule has 0 aromatic rings. The molecule has 0 aromatic heterocycles. The Bertz CT molecular complexity index is 132. The first-order valence-electron chi connectivity index (χ1n) is 2.39. The predicted molar refractivity (Wildman–Crippen MR) is 26.4 cm³/mol. The molecule has 1 radical (unpaired) electrons. The first-order chi connectivity index (χ1) is 3.86. The molecule has 3 nitrogen and oxygen atoms in total. The maximum atomic E-state index is 9.74. The lowest BCUT2D eigenvalue weighted by Gasteiger charge is -2.30. The van der Waals surface area contributed by atoms with Gasteiger partial charge in [-0.3, -0.25) is 4.79 Å². The van der Waals surface area contributed by atoms with Crippen LogP contribution in [0.3, 0.4) is 0 Å². The van der Waals surface area contributed by atoms with E-state index < -0.39 is 0 Å². The Balaban J connectivity index is 2.23. The summed E-state index contributed by atoms with van der Waals surface area (Å²) in [5.41, 5.74) is 0. The summed E-state index contributed by atoms with van der Waals surface area (Å²) in [6, 6.07) is 2.05. The van der Waals surface area contributed by atoms with Crippen LogP contribution in [0.4, 0.5) is 0 Å². The fourth-order valence-corrected chi connectivity index (χ4v) is 0.635. The zero-order valence-electron chi connectivity index (χ0n) is 4.29. The van der Waals surface area contributed by atoms with Crippen molar-refractivity contribution in [1.29, 1.82) is 5.26 Å². The van der Waals surface area contributed by atoms with Crippen molar-refractivity contribution < 1.29 is 4.79 Å². The van der Waals surface area contributed by atoms with Crippen molar-refractivity contribution >= 4 is 6.41 Å². The van der Waals surface area contributed by atoms with E-state index in [0.29, 0.717) is 13.1 Å². The molecule has 0 unspecified atom stereocenters. The lowest BCUT2D eigenvalue weighted by Crippen LogP contribution is -2.44. The molecule has 0 N–H and O–H groups in total. The second-order valence-corrected chi connectivity index (χ2v) is 1.82. The second kappa shape index (κ2) is 1.83. The van der Waals surface area contributed by atoms with Gasteiger partial charge in [-0.25, -0.2) is 0 Å². The minimum atomic E-state index is 0.0662. The fraction of sp³-hybridized carbons (Fsp3) is 0.600. The van der Waals surface area contributed by atoms with Gasteiger partial charge in [-0.2, -0.15) is 5.26 Å². The Hall–Kier alpha value is -1.04. The molecule has 0 saturated carbocycles. The summed E-state index contributed by atoms with van der Waals surface area (Å²) in [5, 5.41) is 8.19. The first-order valence-corrected chi connectivity index (χ1v) is 2.39. The molecule has 1 rings (SSSR count). The maximum Gasteiger partial charge on any atom is 0.312 e. The van der Waals surface area contributed by atoms with Gasteiger partial charge in [0.25, 0.3) is 0 Å². The SMILES string of the molecule is N#CC1CN([C]=O)C1. The Morgan fingerprint density at radius 2 is 2.25 bits per heavy atom. The lowest BCUT2D eigenvalue weighted by molar-refractivity contribution is 0.225. The number of rotatable bonds is 1. The van der Waals surface area contributed by atoms with Crippen molar-refractivity contribution in [2.75, 3.05) is 13.1 Å². The summed E-state index contributed by atoms with van der Waals surface area (Å²) >= 11 is 0. The number of carbonyl (C=O) groups excluding carboxylic acids is 1. The van der Waals surface area contributed by atoms with E-state index in [0.717, 1.165) is 0 Å². The van der Waals surface area contributed by atoms with Gasteiger partial charge in [-0.15, -0.1) is 0 Å². The summed E-state index contributed by atoms with van der Waals surface area (Å²) in [6.45, 7) is 1.14. The van der Waals surface area contributed by atoms with Gasteiger partial charge in [0.05, 0.1) is 12.0 Å². The number of nitriles is 1. The molecular weight excluding hydrogens is 104 g/mol. The van der Waals surface area contributed by atoms with Crippen molar-refractivity contribution in [1.82, 2.24) is 4.90 Å². The zero-order chi connectivity index (χ0) is 5.98. The number of likely N-dealkylation sites (tertiary alicyclic amines) is 1. The van der Waals surface area contributed by atoms with Crippen LogP contribution in [0.5, 0.6) is 0 Å². The van der Waals surface area contributed by atoms with Crippen molar-refractivity contribution in [3.05, 3.63) is 0 Å². The van der Waals surface area contributed by atoms with Gasteiger partial charge in [0.15, 0.2) is 0 Å². The van der Waals surface area contributed by atoms with Crippen LogP contribution in [0.2, 0.25) is 0 Å². The van der Waals surface area contributed by atoms with Crippen molar-refractivity contribution in [3.8, 4) is 6.07 Å². The molecule has 0 spiro atoms. The minimum absolute atomic E-state index is 0.0662. The predicted octanol–water partition coefficient (Wildman–Crippen LogP) is -0.491. The Morgan fingerprint density at radius 3 is 2.62 bits per heavy atom. The van der Waals surface area contributed by atoms with Gasteiger partial charge in [0.2, 0.25) is 0 Å². The average Bonchev–Trinajstić information content (AvgIpc) is 1.65. The number of hydrogen-bond acceptors (Lipinski definition) is 2. The van der Waals surface area contributed by atoms with E-state index in [-0.39, 0.29) is 5.92 Å². The van der Waals surface area contributed by atoms with E-state index in [4.69, 9.17) is 5.26 Å². The second-order valence-electron chi connectivity index (χ2n) is 1.82. The molecule has 0 aliphatic carbocycles. The third kappa shape index (κ3) is 0.648. The van der Waals surface area contributed by atoms with Gasteiger partial charge >= 0.3 is 6.41 Å². The van der Waals surface area contributed by atoms with E-state index in [2.05, 4.69) is 0 Å². The molecule has 1 fully saturated rings. The number of amides is 1. The van der Waals surface area contributed by atoms with E-state index in [1.165, 1.54) is 4.90 Å². The van der Waals surface area contributed by atoms with Gasteiger partial charge in [-0.1, -0.05) is 0 Å². The van der Waals surface area contributed by atoms with E-state index in [1.54, 1.807) is 6.41 Å². The summed E-state index contributed by atoms with van der Waals surface area (Å²) < 4.78 is 0. The number of nitrogens with zero attached hydrogens (tertiary/aromatic N) is 2. The molecule has 1 amide bonds. The summed E-state index contributed by atoms with van der Waals surface area (Å²) in [5.74, 6) is 0.0662. The summed E-state index contributed by atoms with van der Waals surface area (Å²) in [4.78, 5) is 11.2. The van der Waals surface area contributed by atoms with E-state index >= 15 is 0 Å². The normalized spacial score (nSPS) is 19.1. The van der Waals surface area contributed by atoms with Gasteiger partial charge in [0, 0.05) is 13.1 Å². The van der Waals surface area contributed by atoms with Crippen LogP contribution >= 0.6 is 0 Å². The highest BCUT2D eigenvalue weighted by atomic mass is 16.1. The minimum Gasteiger partial charge on any atom is -0.332 e. The van der Waals surface area contributed by atoms with Crippen LogP contribution in [0.1, 0.15) is 0 Å². The zero-order valence-corrected chi connectivity index (χ0v) is 4.29. The van der Waals surface area contributed by atoms with Crippen LogP contribution in [0.25, 0.3) is 0 Å². The smallest absolute Gasteiger partial charge is 0.312 e. The van der Waals surface area contributed by atoms with Crippen molar-refractivity contribution in [3.63, 3.8) is 0 Å². The highest BCUT2D eigenvalue weighted by Crippen LogP contribution is 2.10. The molecule has 8 heavy (non-hydrogen) atoms. The lowest BCUT2D eigenvalue weighted by atomic mass is 10.0. The molecule has 0 aromatic carbocycles. The molecule has 0 bridgehead atoms. The van der Waals surface area contributed by atoms with Gasteiger partial charge in [-0.05, 0) is 0 Å². The fourth-order valence-electron chi connectivity index (χ4n) is 0.635. The average molecular weight is 109 g/mol. The third-order valence-electron chi connectivity index (χ3n) is 1.19. The van der Waals surface area contributed by atoms with Crippen molar-refractivity contribution in [2.24, 2.45) is 5.92 Å². The monoisotopic (exact) mass is 109 g/mol. The Labute approximate surface area is 47.5 Å². The number of hydrogen-bond donors (Lipinski definition) is 0. The van der Waals surface area contributed by atoms with Crippen LogP contribution < -0.4 is 0 Å². The van der Waals surface area contributed by atoms with Crippen LogP contribution in [0.15, 0.2) is 0 Å². The Morgan fingerprint density at radius 1 is 1.62 bits per heavy atom. The molecule has 1 saturated heterocycles. The van der Waals surface area contributed by atoms with E-state index in [9.17, 15) is 4.79 Å². The van der Waals surface area contributed by atoms with Crippen molar-refractivity contribution in [2.45, 2.75) is 0 Å². The molecule has 0 atom stereocenters. The first kappa shape index (κ1) is 5.10. The quantitative estimate of drug-likeness (QED) is 0.456. The molecule has 1 aliphatic heterocycles. The molecular formula is C5H5N2O. The summed E-state index contributed by atoms with van der Waals surface area (Å²) in [7, 11) is 0. The topological polar surface area (TPSA) is 44.1 Å². The largest absolute Gasteiger partial charge is 0.332 e. The highest BCUT2D eigenvalue weighted by molar-refractivity contribution is 5.50. The standard InChI is InChI=1S/C5H5N2O/c6-1-5-2-7(3-5)4-8/h5H,2-3H2. The van der Waals surface area contributed by atoms with Crippen LogP contribution in [-0.2, 0) is 4.79 Å².